The van der Waals surface area contributed by atoms with Gasteiger partial charge in [0.15, 0.2) is 0 Å². The van der Waals surface area contributed by atoms with E-state index in [2.05, 4.69) is 28.9 Å². The summed E-state index contributed by atoms with van der Waals surface area (Å²) in [6.45, 7) is 5.24. The Kier molecular flexibility index (Phi) is 6.19. The fourth-order valence-corrected chi connectivity index (χ4v) is 1.91. The molecule has 0 bridgehead atoms. The zero-order valence-corrected chi connectivity index (χ0v) is 12.8. The molecule has 1 aromatic carbocycles. The first-order valence-electron chi connectivity index (χ1n) is 6.05. The van der Waals surface area contributed by atoms with Crippen LogP contribution in [-0.2, 0) is 4.79 Å². The molecule has 100 valence electrons. The van der Waals surface area contributed by atoms with Crippen LogP contribution >= 0.6 is 15.9 Å². The molecule has 0 heterocycles. The van der Waals surface area contributed by atoms with Crippen LogP contribution in [0.5, 0.6) is 5.75 Å². The SMILES string of the molecule is Cc1cccc(OCCN(C)C(=O)CCBr)c1C. The van der Waals surface area contributed by atoms with Crippen LogP contribution in [0.4, 0.5) is 0 Å². The normalized spacial score (nSPS) is 10.2. The predicted molar refractivity (Wildman–Crippen MR) is 77.5 cm³/mol. The van der Waals surface area contributed by atoms with Gasteiger partial charge in [-0.3, -0.25) is 4.79 Å². The number of halogens is 1. The Morgan fingerprint density at radius 3 is 2.78 bits per heavy atom. The first-order valence-corrected chi connectivity index (χ1v) is 7.17. The van der Waals surface area contributed by atoms with Gasteiger partial charge in [0, 0.05) is 18.8 Å². The molecular formula is C14H20BrNO2. The standard InChI is InChI=1S/C14H20BrNO2/c1-11-5-4-6-13(12(11)2)18-10-9-16(3)14(17)7-8-15/h4-6H,7-10H2,1-3H3. The lowest BCUT2D eigenvalue weighted by atomic mass is 10.1. The minimum absolute atomic E-state index is 0.136. The Balaban J connectivity index is 2.42. The Hall–Kier alpha value is -1.03. The summed E-state index contributed by atoms with van der Waals surface area (Å²) in [6.07, 6.45) is 0.528. The zero-order chi connectivity index (χ0) is 13.5. The van der Waals surface area contributed by atoms with Crippen molar-refractivity contribution in [3.05, 3.63) is 29.3 Å². The summed E-state index contributed by atoms with van der Waals surface area (Å²) in [7, 11) is 1.80. The number of amides is 1. The van der Waals surface area contributed by atoms with E-state index in [9.17, 15) is 4.79 Å². The number of hydrogen-bond donors (Lipinski definition) is 0. The molecule has 0 aliphatic rings. The molecular weight excluding hydrogens is 294 g/mol. The third kappa shape index (κ3) is 4.33. The quantitative estimate of drug-likeness (QED) is 0.756. The minimum atomic E-state index is 0.136. The van der Waals surface area contributed by atoms with E-state index in [4.69, 9.17) is 4.74 Å². The Bertz CT molecular complexity index is 407. The van der Waals surface area contributed by atoms with Crippen molar-refractivity contribution in [1.82, 2.24) is 4.90 Å². The largest absolute Gasteiger partial charge is 0.491 e. The van der Waals surface area contributed by atoms with E-state index >= 15 is 0 Å². The molecule has 0 aliphatic carbocycles. The lowest BCUT2D eigenvalue weighted by Gasteiger charge is -2.18. The van der Waals surface area contributed by atoms with Gasteiger partial charge in [-0.05, 0) is 31.0 Å². The summed E-state index contributed by atoms with van der Waals surface area (Å²) in [5, 5.41) is 0.702. The molecule has 4 heteroatoms. The molecule has 0 aromatic heterocycles. The van der Waals surface area contributed by atoms with Crippen molar-refractivity contribution in [1.29, 1.82) is 0 Å². The number of ether oxygens (including phenoxy) is 1. The molecule has 3 nitrogen and oxygen atoms in total. The van der Waals surface area contributed by atoms with Crippen molar-refractivity contribution in [2.75, 3.05) is 25.5 Å². The van der Waals surface area contributed by atoms with Crippen molar-refractivity contribution in [2.45, 2.75) is 20.3 Å². The molecule has 0 N–H and O–H groups in total. The van der Waals surface area contributed by atoms with Gasteiger partial charge in [-0.2, -0.15) is 0 Å². The van der Waals surface area contributed by atoms with Crippen LogP contribution < -0.4 is 4.74 Å². The topological polar surface area (TPSA) is 29.5 Å². The molecule has 0 atom stereocenters. The number of hydrogen-bond acceptors (Lipinski definition) is 2. The summed E-state index contributed by atoms with van der Waals surface area (Å²) in [4.78, 5) is 13.2. The molecule has 0 fully saturated rings. The molecule has 18 heavy (non-hydrogen) atoms. The number of benzene rings is 1. The van der Waals surface area contributed by atoms with E-state index in [1.165, 1.54) is 5.56 Å². The molecule has 0 saturated carbocycles. The molecule has 0 unspecified atom stereocenters. The molecule has 0 spiro atoms. The number of alkyl halides is 1. The lowest BCUT2D eigenvalue weighted by molar-refractivity contribution is -0.129. The van der Waals surface area contributed by atoms with Gasteiger partial charge in [-0.15, -0.1) is 0 Å². The van der Waals surface area contributed by atoms with E-state index < -0.39 is 0 Å². The highest BCUT2D eigenvalue weighted by atomic mass is 79.9. The number of rotatable bonds is 6. The highest BCUT2D eigenvalue weighted by molar-refractivity contribution is 9.09. The highest BCUT2D eigenvalue weighted by Gasteiger charge is 2.08. The van der Waals surface area contributed by atoms with Crippen LogP contribution in [0.25, 0.3) is 0 Å². The van der Waals surface area contributed by atoms with Crippen LogP contribution in [-0.4, -0.2) is 36.3 Å². The zero-order valence-electron chi connectivity index (χ0n) is 11.2. The second kappa shape index (κ2) is 7.41. The van der Waals surface area contributed by atoms with Gasteiger partial charge >= 0.3 is 0 Å². The fourth-order valence-electron chi connectivity index (χ4n) is 1.57. The molecule has 0 radical (unpaired) electrons. The van der Waals surface area contributed by atoms with E-state index in [1.54, 1.807) is 11.9 Å². The van der Waals surface area contributed by atoms with Gasteiger partial charge in [-0.1, -0.05) is 28.1 Å². The van der Waals surface area contributed by atoms with Gasteiger partial charge in [0.05, 0.1) is 6.54 Å². The summed E-state index contributed by atoms with van der Waals surface area (Å²) < 4.78 is 5.71. The number of likely N-dealkylation sites (N-methyl/N-ethyl adjacent to an activating group) is 1. The maximum Gasteiger partial charge on any atom is 0.223 e. The highest BCUT2D eigenvalue weighted by Crippen LogP contribution is 2.20. The lowest BCUT2D eigenvalue weighted by Crippen LogP contribution is -2.30. The van der Waals surface area contributed by atoms with Crippen molar-refractivity contribution in [3.63, 3.8) is 0 Å². The van der Waals surface area contributed by atoms with Gasteiger partial charge in [0.2, 0.25) is 5.91 Å². The molecule has 1 rings (SSSR count). The van der Waals surface area contributed by atoms with Crippen molar-refractivity contribution in [2.24, 2.45) is 0 Å². The summed E-state index contributed by atoms with van der Waals surface area (Å²) >= 11 is 3.26. The molecule has 1 aromatic rings. The van der Waals surface area contributed by atoms with Crippen LogP contribution in [0.2, 0.25) is 0 Å². The van der Waals surface area contributed by atoms with Crippen LogP contribution in [0.3, 0.4) is 0 Å². The van der Waals surface area contributed by atoms with Gasteiger partial charge in [0.1, 0.15) is 12.4 Å². The average molecular weight is 314 g/mol. The van der Waals surface area contributed by atoms with Gasteiger partial charge in [-0.25, -0.2) is 0 Å². The van der Waals surface area contributed by atoms with E-state index in [1.807, 2.05) is 19.1 Å². The first kappa shape index (κ1) is 15.0. The van der Waals surface area contributed by atoms with E-state index in [0.717, 1.165) is 11.3 Å². The van der Waals surface area contributed by atoms with Crippen molar-refractivity contribution < 1.29 is 9.53 Å². The molecule has 1 amide bonds. The number of carbonyl (C=O) groups is 1. The monoisotopic (exact) mass is 313 g/mol. The number of nitrogens with zero attached hydrogens (tertiary/aromatic N) is 1. The molecule has 0 saturated heterocycles. The second-order valence-corrected chi connectivity index (χ2v) is 5.09. The van der Waals surface area contributed by atoms with Crippen LogP contribution in [0.15, 0.2) is 18.2 Å². The van der Waals surface area contributed by atoms with Gasteiger partial charge in [0.25, 0.3) is 0 Å². The van der Waals surface area contributed by atoms with Crippen molar-refractivity contribution in [3.8, 4) is 5.75 Å². The van der Waals surface area contributed by atoms with Gasteiger partial charge < -0.3 is 9.64 Å². The maximum atomic E-state index is 11.5. The van der Waals surface area contributed by atoms with E-state index in [0.29, 0.717) is 24.9 Å². The second-order valence-electron chi connectivity index (χ2n) is 4.30. The molecule has 0 aliphatic heterocycles. The number of carbonyl (C=O) groups excluding carboxylic acids is 1. The van der Waals surface area contributed by atoms with Crippen LogP contribution in [0, 0.1) is 13.8 Å². The predicted octanol–water partition coefficient (Wildman–Crippen LogP) is 2.93. The first-order chi connectivity index (χ1) is 8.56. The summed E-state index contributed by atoms with van der Waals surface area (Å²) in [5.41, 5.74) is 2.38. The smallest absolute Gasteiger partial charge is 0.223 e. The third-order valence-corrected chi connectivity index (χ3v) is 3.37. The third-order valence-electron chi connectivity index (χ3n) is 2.97. The summed E-state index contributed by atoms with van der Waals surface area (Å²) in [5.74, 6) is 1.03. The Morgan fingerprint density at radius 2 is 2.11 bits per heavy atom. The summed E-state index contributed by atoms with van der Waals surface area (Å²) in [6, 6.07) is 6.01. The minimum Gasteiger partial charge on any atom is -0.491 e. The average Bonchev–Trinajstić information content (AvgIpc) is 2.34. The Morgan fingerprint density at radius 1 is 1.39 bits per heavy atom. The van der Waals surface area contributed by atoms with Crippen LogP contribution in [0.1, 0.15) is 17.5 Å². The fraction of sp³-hybridized carbons (Fsp3) is 0.500. The number of aryl methyl sites for hydroxylation is 1. The maximum absolute atomic E-state index is 11.5. The van der Waals surface area contributed by atoms with Crippen molar-refractivity contribution >= 4 is 21.8 Å². The Labute approximate surface area is 117 Å². The van der Waals surface area contributed by atoms with E-state index in [-0.39, 0.29) is 5.91 Å².